The second kappa shape index (κ2) is 7.32. The van der Waals surface area contributed by atoms with Gasteiger partial charge in [0.1, 0.15) is 5.69 Å². The SMILES string of the molecule is CCC(CC(C)C)=NNc1ccc([N+](=O)[O-])cc1[N+](=O)[O-]. The van der Waals surface area contributed by atoms with Gasteiger partial charge in [0.05, 0.1) is 15.9 Å². The molecule has 0 amide bonds. The van der Waals surface area contributed by atoms with Gasteiger partial charge in [-0.3, -0.25) is 25.7 Å². The van der Waals surface area contributed by atoms with Gasteiger partial charge in [0, 0.05) is 11.8 Å². The summed E-state index contributed by atoms with van der Waals surface area (Å²) in [5.41, 5.74) is 2.97. The number of nitrogens with zero attached hydrogens (tertiary/aromatic N) is 3. The fourth-order valence-electron chi connectivity index (χ4n) is 1.76. The third-order valence-corrected chi connectivity index (χ3v) is 2.78. The van der Waals surface area contributed by atoms with Crippen molar-refractivity contribution in [3.63, 3.8) is 0 Å². The molecule has 0 fully saturated rings. The van der Waals surface area contributed by atoms with Gasteiger partial charge in [-0.25, -0.2) is 0 Å². The summed E-state index contributed by atoms with van der Waals surface area (Å²) >= 11 is 0. The van der Waals surface area contributed by atoms with Crippen molar-refractivity contribution >= 4 is 22.8 Å². The molecule has 0 radical (unpaired) electrons. The number of hydrogen-bond donors (Lipinski definition) is 1. The van der Waals surface area contributed by atoms with E-state index in [1.54, 1.807) is 0 Å². The molecule has 0 heterocycles. The first-order valence-electron chi connectivity index (χ1n) is 6.59. The van der Waals surface area contributed by atoms with Crippen LogP contribution in [0.4, 0.5) is 17.1 Å². The van der Waals surface area contributed by atoms with E-state index < -0.39 is 9.85 Å². The van der Waals surface area contributed by atoms with Crippen molar-refractivity contribution in [3.8, 4) is 0 Å². The largest absolute Gasteiger partial charge is 0.301 e. The molecule has 1 aromatic rings. The minimum atomic E-state index is -0.670. The van der Waals surface area contributed by atoms with Gasteiger partial charge in [0.2, 0.25) is 0 Å². The molecule has 0 aliphatic heterocycles. The van der Waals surface area contributed by atoms with Crippen molar-refractivity contribution in [3.05, 3.63) is 38.4 Å². The number of benzene rings is 1. The van der Waals surface area contributed by atoms with Crippen LogP contribution in [0.25, 0.3) is 0 Å². The maximum atomic E-state index is 11.0. The van der Waals surface area contributed by atoms with Crippen LogP contribution in [0.15, 0.2) is 23.3 Å². The molecular weight excluding hydrogens is 276 g/mol. The van der Waals surface area contributed by atoms with E-state index >= 15 is 0 Å². The number of hydrazone groups is 1. The standard InChI is InChI=1S/C13H18N4O4/c1-4-10(7-9(2)3)14-15-12-6-5-11(16(18)19)8-13(12)17(20)21/h5-6,8-9,15H,4,7H2,1-3H3. The number of non-ortho nitro benzene ring substituents is 1. The van der Waals surface area contributed by atoms with Crippen LogP contribution in [0.5, 0.6) is 0 Å². The Morgan fingerprint density at radius 2 is 1.95 bits per heavy atom. The number of anilines is 1. The van der Waals surface area contributed by atoms with Crippen LogP contribution in [-0.2, 0) is 0 Å². The molecule has 8 nitrogen and oxygen atoms in total. The molecule has 0 aliphatic rings. The summed E-state index contributed by atoms with van der Waals surface area (Å²) in [5.74, 6) is 0.428. The molecule has 114 valence electrons. The van der Waals surface area contributed by atoms with Crippen LogP contribution in [0.1, 0.15) is 33.6 Å². The highest BCUT2D eigenvalue weighted by atomic mass is 16.6. The molecule has 0 unspecified atom stereocenters. The smallest absolute Gasteiger partial charge is 0.272 e. The van der Waals surface area contributed by atoms with Crippen molar-refractivity contribution in [1.82, 2.24) is 0 Å². The lowest BCUT2D eigenvalue weighted by molar-refractivity contribution is -0.393. The highest BCUT2D eigenvalue weighted by molar-refractivity contribution is 5.85. The second-order valence-corrected chi connectivity index (χ2v) is 4.96. The molecule has 0 saturated heterocycles. The summed E-state index contributed by atoms with van der Waals surface area (Å²) in [6.07, 6.45) is 1.51. The third-order valence-electron chi connectivity index (χ3n) is 2.78. The van der Waals surface area contributed by atoms with Gasteiger partial charge in [-0.1, -0.05) is 20.8 Å². The quantitative estimate of drug-likeness (QED) is 0.468. The van der Waals surface area contributed by atoms with E-state index in [2.05, 4.69) is 24.4 Å². The summed E-state index contributed by atoms with van der Waals surface area (Å²) in [6, 6.07) is 3.42. The van der Waals surface area contributed by atoms with E-state index in [1.807, 2.05) is 6.92 Å². The van der Waals surface area contributed by atoms with Crippen molar-refractivity contribution in [2.75, 3.05) is 5.43 Å². The van der Waals surface area contributed by atoms with Crippen LogP contribution in [0.2, 0.25) is 0 Å². The van der Waals surface area contributed by atoms with E-state index in [4.69, 9.17) is 0 Å². The normalized spacial score (nSPS) is 11.5. The third kappa shape index (κ3) is 4.83. The van der Waals surface area contributed by atoms with Gasteiger partial charge in [-0.15, -0.1) is 0 Å². The van der Waals surface area contributed by atoms with E-state index in [0.717, 1.165) is 24.6 Å². The number of nitro groups is 2. The first-order chi connectivity index (χ1) is 9.85. The van der Waals surface area contributed by atoms with E-state index in [0.29, 0.717) is 5.92 Å². The molecule has 0 aliphatic carbocycles. The molecule has 0 atom stereocenters. The minimum absolute atomic E-state index is 0.139. The predicted molar refractivity (Wildman–Crippen MR) is 80.6 cm³/mol. The average Bonchev–Trinajstić information content (AvgIpc) is 2.42. The molecule has 1 N–H and O–H groups in total. The minimum Gasteiger partial charge on any atom is -0.272 e. The first kappa shape index (κ1) is 16.5. The van der Waals surface area contributed by atoms with Gasteiger partial charge < -0.3 is 0 Å². The summed E-state index contributed by atoms with van der Waals surface area (Å²) in [5, 5.41) is 25.8. The van der Waals surface area contributed by atoms with Crippen LogP contribution < -0.4 is 5.43 Å². The summed E-state index contributed by atoms with van der Waals surface area (Å²) in [7, 11) is 0. The maximum Gasteiger partial charge on any atom is 0.301 e. The Labute approximate surface area is 122 Å². The lowest BCUT2D eigenvalue weighted by Gasteiger charge is -2.08. The summed E-state index contributed by atoms with van der Waals surface area (Å²) in [6.45, 7) is 6.06. The monoisotopic (exact) mass is 294 g/mol. The average molecular weight is 294 g/mol. The van der Waals surface area contributed by atoms with Gasteiger partial charge >= 0.3 is 5.69 Å². The van der Waals surface area contributed by atoms with Crippen molar-refractivity contribution in [2.24, 2.45) is 11.0 Å². The zero-order chi connectivity index (χ0) is 16.0. The van der Waals surface area contributed by atoms with Crippen molar-refractivity contribution < 1.29 is 9.85 Å². The molecular formula is C13H18N4O4. The molecule has 21 heavy (non-hydrogen) atoms. The van der Waals surface area contributed by atoms with Crippen molar-refractivity contribution in [2.45, 2.75) is 33.6 Å². The maximum absolute atomic E-state index is 11.0. The molecule has 0 saturated carbocycles. The Kier molecular flexibility index (Phi) is 5.77. The Hall–Kier alpha value is -2.51. The number of nitro benzene ring substituents is 2. The molecule has 0 bridgehead atoms. The molecule has 1 rings (SSSR count). The van der Waals surface area contributed by atoms with Gasteiger partial charge in [-0.05, 0) is 24.8 Å². The first-order valence-corrected chi connectivity index (χ1v) is 6.59. The van der Waals surface area contributed by atoms with Crippen LogP contribution in [0, 0.1) is 26.1 Å². The Morgan fingerprint density at radius 3 is 2.43 bits per heavy atom. The number of hydrogen-bond acceptors (Lipinski definition) is 6. The number of nitrogens with one attached hydrogen (secondary N) is 1. The lowest BCUT2D eigenvalue weighted by atomic mass is 10.1. The van der Waals surface area contributed by atoms with E-state index in [-0.39, 0.29) is 17.1 Å². The van der Waals surface area contributed by atoms with Crippen LogP contribution in [0.3, 0.4) is 0 Å². The van der Waals surface area contributed by atoms with Gasteiger partial charge in [-0.2, -0.15) is 5.10 Å². The van der Waals surface area contributed by atoms with Crippen LogP contribution in [-0.4, -0.2) is 15.6 Å². The highest BCUT2D eigenvalue weighted by Gasteiger charge is 2.19. The van der Waals surface area contributed by atoms with Gasteiger partial charge in [0.25, 0.3) is 5.69 Å². The van der Waals surface area contributed by atoms with Gasteiger partial charge in [0.15, 0.2) is 0 Å². The zero-order valence-corrected chi connectivity index (χ0v) is 12.2. The topological polar surface area (TPSA) is 111 Å². The second-order valence-electron chi connectivity index (χ2n) is 4.96. The van der Waals surface area contributed by atoms with E-state index in [9.17, 15) is 20.2 Å². The molecule has 0 spiro atoms. The Morgan fingerprint density at radius 1 is 1.29 bits per heavy atom. The number of rotatable bonds is 7. The predicted octanol–water partition coefficient (Wildman–Crippen LogP) is 3.73. The van der Waals surface area contributed by atoms with Crippen LogP contribution >= 0.6 is 0 Å². The molecule has 0 aromatic heterocycles. The summed E-state index contributed by atoms with van der Waals surface area (Å²) < 4.78 is 0. The molecule has 8 heteroatoms. The molecule has 1 aromatic carbocycles. The Bertz CT molecular complexity index is 569. The highest BCUT2D eigenvalue weighted by Crippen LogP contribution is 2.29. The summed E-state index contributed by atoms with van der Waals surface area (Å²) in [4.78, 5) is 20.3. The fraction of sp³-hybridized carbons (Fsp3) is 0.462. The lowest BCUT2D eigenvalue weighted by Crippen LogP contribution is -2.06. The van der Waals surface area contributed by atoms with E-state index in [1.165, 1.54) is 12.1 Å². The Balaban J connectivity index is 3.04. The fourth-order valence-corrected chi connectivity index (χ4v) is 1.76. The van der Waals surface area contributed by atoms with Crippen molar-refractivity contribution in [1.29, 1.82) is 0 Å². The zero-order valence-electron chi connectivity index (χ0n) is 12.2.